The minimum absolute atomic E-state index is 0.0734. The van der Waals surface area contributed by atoms with Gasteiger partial charge in [-0.05, 0) is 17.7 Å². The van der Waals surface area contributed by atoms with Crippen molar-refractivity contribution in [2.75, 3.05) is 0 Å². The summed E-state index contributed by atoms with van der Waals surface area (Å²) in [7, 11) is 0. The molecule has 0 nitrogen and oxygen atoms in total. The first kappa shape index (κ1) is 10.7. The lowest BCUT2D eigenvalue weighted by atomic mass is 10.0. The first-order valence-corrected chi connectivity index (χ1v) is 4.40. The molecule has 0 saturated carbocycles. The van der Waals surface area contributed by atoms with Crippen molar-refractivity contribution in [3.63, 3.8) is 0 Å². The van der Waals surface area contributed by atoms with Crippen LogP contribution >= 0.6 is 0 Å². The molecule has 81 valence electrons. The van der Waals surface area contributed by atoms with Gasteiger partial charge in [-0.1, -0.05) is 18.2 Å². The number of hydrogen-bond acceptors (Lipinski definition) is 0. The maximum absolute atomic E-state index is 13.3. The van der Waals surface area contributed by atoms with E-state index in [0.29, 0.717) is 0 Å². The molecule has 0 aliphatic carbocycles. The summed E-state index contributed by atoms with van der Waals surface area (Å²) in [5.74, 6) is -4.42. The van der Waals surface area contributed by atoms with E-state index in [-0.39, 0.29) is 11.1 Å². The molecule has 1 radical (unpaired) electrons. The summed E-state index contributed by atoms with van der Waals surface area (Å²) in [5, 5.41) is 0. The first-order valence-electron chi connectivity index (χ1n) is 4.40. The van der Waals surface area contributed by atoms with E-state index in [9.17, 15) is 17.6 Å². The highest BCUT2D eigenvalue weighted by molar-refractivity contribution is 5.64. The molecule has 2 aromatic carbocycles. The van der Waals surface area contributed by atoms with E-state index >= 15 is 0 Å². The normalized spacial score (nSPS) is 10.5. The van der Waals surface area contributed by atoms with Crippen molar-refractivity contribution >= 4 is 0 Å². The Morgan fingerprint density at radius 1 is 0.875 bits per heavy atom. The van der Waals surface area contributed by atoms with E-state index in [1.54, 1.807) is 0 Å². The second-order valence-electron chi connectivity index (χ2n) is 3.15. The summed E-state index contributed by atoms with van der Waals surface area (Å²) < 4.78 is 51.7. The van der Waals surface area contributed by atoms with Crippen LogP contribution < -0.4 is 0 Å². The molecule has 0 aromatic heterocycles. The molecule has 2 rings (SSSR count). The lowest BCUT2D eigenvalue weighted by molar-refractivity contribution is 0.505. The van der Waals surface area contributed by atoms with Crippen LogP contribution in [0.15, 0.2) is 30.3 Å². The second kappa shape index (κ2) is 3.96. The van der Waals surface area contributed by atoms with Crippen LogP contribution in [0.5, 0.6) is 0 Å². The van der Waals surface area contributed by atoms with Gasteiger partial charge in [0.15, 0.2) is 23.3 Å². The third-order valence-corrected chi connectivity index (χ3v) is 2.12. The van der Waals surface area contributed by atoms with E-state index in [2.05, 4.69) is 0 Å². The topological polar surface area (TPSA) is 0 Å². The molecule has 4 heteroatoms. The molecule has 0 saturated heterocycles. The molecular weight excluding hydrogens is 220 g/mol. The molecule has 0 amide bonds. The third-order valence-electron chi connectivity index (χ3n) is 2.12. The molecule has 0 heterocycles. The van der Waals surface area contributed by atoms with Gasteiger partial charge in [-0.2, -0.15) is 0 Å². The molecule has 0 aliphatic heterocycles. The summed E-state index contributed by atoms with van der Waals surface area (Å²) in [6.07, 6.45) is 0. The second-order valence-corrected chi connectivity index (χ2v) is 3.15. The molecule has 16 heavy (non-hydrogen) atoms. The standard InChI is InChI=1S/C12H5F4/c13-9-5-4-7(6-11(9)15)8-2-1-3-10(14)12(8)16/h1-2,4-6H. The fourth-order valence-corrected chi connectivity index (χ4v) is 1.34. The Hall–Kier alpha value is -1.84. The predicted molar refractivity (Wildman–Crippen MR) is 50.5 cm³/mol. The maximum Gasteiger partial charge on any atom is 0.167 e. The van der Waals surface area contributed by atoms with Gasteiger partial charge in [0.2, 0.25) is 0 Å². The number of rotatable bonds is 1. The Morgan fingerprint density at radius 3 is 2.31 bits per heavy atom. The van der Waals surface area contributed by atoms with Crippen molar-refractivity contribution in [1.82, 2.24) is 0 Å². The average molecular weight is 225 g/mol. The number of hydrogen-bond donors (Lipinski definition) is 0. The first-order chi connectivity index (χ1) is 7.59. The summed E-state index contributed by atoms with van der Waals surface area (Å²) in [6.45, 7) is 0. The van der Waals surface area contributed by atoms with Crippen LogP contribution in [0.3, 0.4) is 0 Å². The summed E-state index contributed by atoms with van der Waals surface area (Å²) >= 11 is 0. The molecule has 0 spiro atoms. The van der Waals surface area contributed by atoms with E-state index < -0.39 is 23.3 Å². The van der Waals surface area contributed by atoms with E-state index in [1.165, 1.54) is 18.2 Å². The molecule has 0 N–H and O–H groups in total. The SMILES string of the molecule is Fc1[c]ccc(-c2ccc(F)c(F)c2)c1F. The van der Waals surface area contributed by atoms with Crippen molar-refractivity contribution in [1.29, 1.82) is 0 Å². The predicted octanol–water partition coefficient (Wildman–Crippen LogP) is 3.71. The van der Waals surface area contributed by atoms with E-state index in [4.69, 9.17) is 0 Å². The molecule has 0 unspecified atom stereocenters. The van der Waals surface area contributed by atoms with Crippen molar-refractivity contribution in [3.8, 4) is 11.1 Å². The quantitative estimate of drug-likeness (QED) is 0.649. The lowest BCUT2D eigenvalue weighted by Gasteiger charge is -2.04. The van der Waals surface area contributed by atoms with E-state index in [1.807, 2.05) is 6.07 Å². The van der Waals surface area contributed by atoms with Gasteiger partial charge in [-0.15, -0.1) is 0 Å². The minimum atomic E-state index is -1.15. The van der Waals surface area contributed by atoms with Gasteiger partial charge in [0, 0.05) is 11.6 Å². The zero-order chi connectivity index (χ0) is 11.7. The Labute approximate surface area is 89.2 Å². The van der Waals surface area contributed by atoms with Crippen LogP contribution in [0.2, 0.25) is 0 Å². The molecular formula is C12H5F4. The van der Waals surface area contributed by atoms with E-state index in [0.717, 1.165) is 12.1 Å². The summed E-state index contributed by atoms with van der Waals surface area (Å²) in [6, 6.07) is 7.29. The highest BCUT2D eigenvalue weighted by atomic mass is 19.2. The summed E-state index contributed by atoms with van der Waals surface area (Å²) in [5.41, 5.74) is -0.0561. The minimum Gasteiger partial charge on any atom is -0.204 e. The summed E-state index contributed by atoms with van der Waals surface area (Å²) in [4.78, 5) is 0. The fraction of sp³-hybridized carbons (Fsp3) is 0. The monoisotopic (exact) mass is 225 g/mol. The Balaban J connectivity index is 2.59. The van der Waals surface area contributed by atoms with Crippen LogP contribution in [-0.4, -0.2) is 0 Å². The van der Waals surface area contributed by atoms with Crippen LogP contribution in [-0.2, 0) is 0 Å². The van der Waals surface area contributed by atoms with Crippen LogP contribution in [0.4, 0.5) is 17.6 Å². The van der Waals surface area contributed by atoms with Crippen molar-refractivity contribution in [2.45, 2.75) is 0 Å². The van der Waals surface area contributed by atoms with Gasteiger partial charge in [-0.25, -0.2) is 17.6 Å². The number of halogens is 4. The Bertz CT molecular complexity index is 535. The largest absolute Gasteiger partial charge is 0.204 e. The lowest BCUT2D eigenvalue weighted by Crippen LogP contribution is -1.91. The fourth-order valence-electron chi connectivity index (χ4n) is 1.34. The molecule has 2 aromatic rings. The van der Waals surface area contributed by atoms with Gasteiger partial charge in [0.05, 0.1) is 0 Å². The third kappa shape index (κ3) is 1.78. The zero-order valence-electron chi connectivity index (χ0n) is 7.90. The van der Waals surface area contributed by atoms with Crippen LogP contribution in [0.25, 0.3) is 11.1 Å². The van der Waals surface area contributed by atoms with Crippen molar-refractivity contribution in [3.05, 3.63) is 59.7 Å². The van der Waals surface area contributed by atoms with Gasteiger partial charge in [-0.3, -0.25) is 0 Å². The average Bonchev–Trinajstić information content (AvgIpc) is 2.26. The smallest absolute Gasteiger partial charge is 0.167 e. The van der Waals surface area contributed by atoms with Gasteiger partial charge < -0.3 is 0 Å². The maximum atomic E-state index is 13.3. The van der Waals surface area contributed by atoms with Crippen molar-refractivity contribution < 1.29 is 17.6 Å². The van der Waals surface area contributed by atoms with Crippen LogP contribution in [0, 0.1) is 29.3 Å². The van der Waals surface area contributed by atoms with Gasteiger partial charge in [0.1, 0.15) is 0 Å². The van der Waals surface area contributed by atoms with Gasteiger partial charge >= 0.3 is 0 Å². The Kier molecular flexibility index (Phi) is 2.64. The zero-order valence-corrected chi connectivity index (χ0v) is 7.90. The van der Waals surface area contributed by atoms with Crippen molar-refractivity contribution in [2.24, 2.45) is 0 Å². The highest BCUT2D eigenvalue weighted by Gasteiger charge is 2.11. The van der Waals surface area contributed by atoms with Gasteiger partial charge in [0.25, 0.3) is 0 Å². The molecule has 0 bridgehead atoms. The molecule has 0 aliphatic rings. The highest BCUT2D eigenvalue weighted by Crippen LogP contribution is 2.25. The Morgan fingerprint density at radius 2 is 1.62 bits per heavy atom. The molecule has 0 atom stereocenters. The van der Waals surface area contributed by atoms with Crippen LogP contribution in [0.1, 0.15) is 0 Å². The number of benzene rings is 2. The molecule has 0 fully saturated rings.